The first kappa shape index (κ1) is 87.6. The number of hydrogen-bond acceptors (Lipinski definition) is 11. The van der Waals surface area contributed by atoms with Crippen molar-refractivity contribution in [2.24, 2.45) is 0 Å². The Morgan fingerprint density at radius 2 is 0.524 bits per heavy atom. The minimum absolute atomic E-state index is 0.00530. The second-order valence-corrected chi connectivity index (χ2v) is 32.0. The van der Waals surface area contributed by atoms with Crippen molar-refractivity contribution in [1.82, 2.24) is 0 Å². The highest BCUT2D eigenvalue weighted by Crippen LogP contribution is 2.45. The monoisotopic (exact) mass is 1720 g/mol. The minimum atomic E-state index is -4.53. The van der Waals surface area contributed by atoms with Gasteiger partial charge in [-0.3, -0.25) is 0 Å². The SMILES string of the molecule is [C-]#[N+]C([N+]#[C-])=C1Cc2c(C#N)c3c(c(C#N)c2=C1c1ccc(C)cc1)CC(=C(C#N)C#N)C=3c1ccc(SC(F)(F)F)cc1.[C-]#[N+]C([N+]#[C-])=C1Cc2c(F)c3c(c(F)c2=C1c1ccc(C)cc1)CC(=C(C#N)C#N)C=3c1ccc(SC(F)(F)F)cc1.[C-]#[N+]C([N+]#[C-])=C1Cc2cc3c(cc2=C1c1ccc(C)cc1)CC(=C(C#N)C#N)C=3c1ccc(SC(F)(F)F)cc1. The Labute approximate surface area is 725 Å². The molecule has 0 N–H and O–H groups in total. The number of rotatable bonds is 9. The van der Waals surface area contributed by atoms with Crippen LogP contribution < -0.4 is 31.3 Å². The number of fused-ring (bicyclic) bond motifs is 6. The van der Waals surface area contributed by atoms with Crippen LogP contribution in [0.1, 0.15) is 94.6 Å². The predicted molar refractivity (Wildman–Crippen MR) is 448 cm³/mol. The molecule has 15 rings (SSSR count). The maximum Gasteiger partial charge on any atom is 0.523 e. The quantitative estimate of drug-likeness (QED) is 0.0573. The number of nitriles is 8. The third kappa shape index (κ3) is 16.8. The van der Waals surface area contributed by atoms with Crippen molar-refractivity contribution in [2.45, 2.75) is 90.5 Å². The van der Waals surface area contributed by atoms with Gasteiger partial charge in [0.05, 0.1) is 27.8 Å². The van der Waals surface area contributed by atoms with E-state index in [2.05, 4.69) is 41.2 Å². The minimum Gasteiger partial charge on any atom is -0.206 e. The first-order chi connectivity index (χ1) is 60.3. The Morgan fingerprint density at radius 3 is 0.810 bits per heavy atom. The lowest BCUT2D eigenvalue weighted by molar-refractivity contribution is -0.0337. The summed E-state index contributed by atoms with van der Waals surface area (Å²) in [5.74, 6) is -2.16. The largest absolute Gasteiger partial charge is 0.523 e. The van der Waals surface area contributed by atoms with Crippen LogP contribution in [-0.4, -0.2) is 16.5 Å². The van der Waals surface area contributed by atoms with Gasteiger partial charge in [0.15, 0.2) is 0 Å². The number of aryl methyl sites for hydroxylation is 3. The van der Waals surface area contributed by atoms with Gasteiger partial charge in [-0.15, -0.1) is 0 Å². The molecule has 28 heteroatoms. The lowest BCUT2D eigenvalue weighted by Crippen LogP contribution is -2.27. The molecule has 0 saturated heterocycles. The Hall–Kier alpha value is -16.2. The summed E-state index contributed by atoms with van der Waals surface area (Å²) in [4.78, 5) is 20.3. The van der Waals surface area contributed by atoms with E-state index < -0.39 is 28.2 Å². The molecule has 0 unspecified atom stereocenters. The second kappa shape index (κ2) is 35.5. The fourth-order valence-electron chi connectivity index (χ4n) is 16.4. The summed E-state index contributed by atoms with van der Waals surface area (Å²) >= 11 is -0.828. The standard InChI is InChI=1S/C34H15F3N6S.C32H15F5N4S.C32H17F3N4S/c1-18-4-6-19(7-5-18)30-26(33(42-2)43-3)13-25-28(17-41)31-24(27(16-40)32(25)30)12-23(21(14-38)15-39)29(31)20-8-10-22(11-9-20)44-34(35,36)37;1-16-4-6-17(7-5-16)26-24(31(40-2)41-3)13-23-28(26)29(33)22-12-21(19(14-38)15-39)25(27(22)30(23)34)18-8-10-20(11-9-18)42-32(35,36)37;1-18-4-6-19(7-5-18)30-26-12-21-14-27(23(16-36)17-37)29(20-8-10-24(11-9-20)40-32(33,34)35)25(21)13-22(26)15-28(30)31(38-2)39-3/h4-11H,12-13H2,1H3;4-11H,12-13H2,1H3;4-13H,14-15H2,1H3. The van der Waals surface area contributed by atoms with Gasteiger partial charge in [0.2, 0.25) is 0 Å². The van der Waals surface area contributed by atoms with E-state index in [4.69, 9.17) is 39.4 Å². The Balaban J connectivity index is 0.000000162. The maximum atomic E-state index is 16.6. The molecule has 604 valence electrons. The van der Waals surface area contributed by atoms with Crippen LogP contribution in [0.4, 0.5) is 48.3 Å². The maximum absolute atomic E-state index is 16.6. The molecule has 0 fully saturated rings. The Bertz CT molecular complexity index is 7560. The molecule has 0 spiro atoms. The highest BCUT2D eigenvalue weighted by Gasteiger charge is 2.41. The fourth-order valence-corrected chi connectivity index (χ4v) is 18.0. The van der Waals surface area contributed by atoms with Crippen molar-refractivity contribution < 1.29 is 48.3 Å². The lowest BCUT2D eigenvalue weighted by Gasteiger charge is -2.10. The molecule has 0 atom stereocenters. The van der Waals surface area contributed by atoms with Gasteiger partial charge in [-0.25, -0.2) is 8.78 Å². The topological polar surface area (TPSA) is 216 Å². The van der Waals surface area contributed by atoms with E-state index in [9.17, 15) is 81.6 Å². The van der Waals surface area contributed by atoms with Gasteiger partial charge >= 0.3 is 34.0 Å². The molecular weight excluding hydrogens is 1680 g/mol. The average molecular weight is 1730 g/mol. The van der Waals surface area contributed by atoms with Crippen LogP contribution in [-0.2, 0) is 38.5 Å². The van der Waals surface area contributed by atoms with E-state index in [1.165, 1.54) is 60.7 Å². The van der Waals surface area contributed by atoms with Crippen molar-refractivity contribution in [3.8, 4) is 48.6 Å². The molecule has 0 bridgehead atoms. The van der Waals surface area contributed by atoms with Gasteiger partial charge in [0.25, 0.3) is 0 Å². The van der Waals surface area contributed by atoms with Crippen molar-refractivity contribution in [1.29, 1.82) is 42.1 Å². The summed E-state index contributed by atoms with van der Waals surface area (Å²) in [5.41, 5.74) is -0.714. The van der Waals surface area contributed by atoms with Crippen molar-refractivity contribution >= 4 is 68.7 Å². The highest BCUT2D eigenvalue weighted by atomic mass is 32.2. The zero-order chi connectivity index (χ0) is 90.7. The summed E-state index contributed by atoms with van der Waals surface area (Å²) < 4.78 is 149. The zero-order valence-electron chi connectivity index (χ0n) is 65.4. The summed E-state index contributed by atoms with van der Waals surface area (Å²) in [6.45, 7) is 51.2. The molecule has 0 heterocycles. The molecule has 14 nitrogen and oxygen atoms in total. The first-order valence-electron chi connectivity index (χ1n) is 37.1. The average Bonchev–Trinajstić information content (AvgIpc) is 1.55. The first-order valence-corrected chi connectivity index (χ1v) is 39.6. The molecular formula is C98H47F11N14S3. The van der Waals surface area contributed by atoms with E-state index in [1.807, 2.05) is 106 Å². The van der Waals surface area contributed by atoms with E-state index in [0.29, 0.717) is 90.1 Å². The van der Waals surface area contributed by atoms with E-state index in [1.54, 1.807) is 48.5 Å². The van der Waals surface area contributed by atoms with Crippen molar-refractivity contribution in [2.75, 3.05) is 0 Å². The molecule has 0 aliphatic heterocycles. The van der Waals surface area contributed by atoms with Crippen LogP contribution >= 0.6 is 35.3 Å². The molecule has 9 aromatic carbocycles. The number of hydrogen-bond donors (Lipinski definition) is 0. The van der Waals surface area contributed by atoms with E-state index in [-0.39, 0.29) is 176 Å². The summed E-state index contributed by atoms with van der Waals surface area (Å²) in [7, 11) is 0. The number of halogens is 11. The van der Waals surface area contributed by atoms with Gasteiger partial charge in [-0.1, -0.05) is 126 Å². The van der Waals surface area contributed by atoms with Gasteiger partial charge in [-0.2, -0.15) is 111 Å². The number of allylic oxidation sites excluding steroid dienone is 9. The van der Waals surface area contributed by atoms with E-state index in [0.717, 1.165) is 49.4 Å². The number of benzene rings is 9. The van der Waals surface area contributed by atoms with Crippen molar-refractivity contribution in [3.63, 3.8) is 0 Å². The number of nitrogens with zero attached hydrogens (tertiary/aromatic N) is 14. The fraction of sp³-hybridized carbons (Fsp3) is 0.122. The molecule has 0 saturated carbocycles. The molecule has 6 aliphatic carbocycles. The predicted octanol–water partition coefficient (Wildman–Crippen LogP) is 19.6. The molecule has 0 radical (unpaired) electrons. The van der Waals surface area contributed by atoms with Crippen LogP contribution in [0.2, 0.25) is 0 Å². The summed E-state index contributed by atoms with van der Waals surface area (Å²) in [5, 5.41) is 81.6. The van der Waals surface area contributed by atoms with Crippen LogP contribution in [0.25, 0.3) is 62.5 Å². The Kier molecular flexibility index (Phi) is 24.6. The third-order valence-electron chi connectivity index (χ3n) is 21.5. The normalized spacial score (nSPS) is 13.4. The summed E-state index contributed by atoms with van der Waals surface area (Å²) in [6, 6.07) is 58.1. The Morgan fingerprint density at radius 1 is 0.302 bits per heavy atom. The highest BCUT2D eigenvalue weighted by molar-refractivity contribution is 8.00. The lowest BCUT2D eigenvalue weighted by atomic mass is 9.92. The molecule has 0 amide bonds. The van der Waals surface area contributed by atoms with Crippen molar-refractivity contribution in [3.05, 3.63) is 431 Å². The summed E-state index contributed by atoms with van der Waals surface area (Å²) in [6.07, 6.45) is 0.0689. The van der Waals surface area contributed by atoms with Crippen LogP contribution in [0.5, 0.6) is 0 Å². The van der Waals surface area contributed by atoms with Gasteiger partial charge < -0.3 is 0 Å². The van der Waals surface area contributed by atoms with Crippen LogP contribution in [0, 0.1) is 162 Å². The van der Waals surface area contributed by atoms with Gasteiger partial charge in [-0.05, 0) is 234 Å². The second-order valence-electron chi connectivity index (χ2n) is 28.6. The van der Waals surface area contributed by atoms with Crippen LogP contribution in [0.3, 0.4) is 0 Å². The van der Waals surface area contributed by atoms with E-state index >= 15 is 8.78 Å². The van der Waals surface area contributed by atoms with Gasteiger partial charge in [0.1, 0.15) is 116 Å². The number of alkyl halides is 9. The smallest absolute Gasteiger partial charge is 0.206 e. The van der Waals surface area contributed by atoms with Gasteiger partial charge in [0, 0.05) is 72.4 Å². The third-order valence-corrected chi connectivity index (χ3v) is 23.7. The molecule has 126 heavy (non-hydrogen) atoms. The number of thioether (sulfide) groups is 3. The molecule has 0 aromatic heterocycles. The zero-order valence-corrected chi connectivity index (χ0v) is 67.8. The van der Waals surface area contributed by atoms with Crippen LogP contribution in [0.15, 0.2) is 240 Å². The molecule has 6 aliphatic rings. The molecule has 9 aromatic rings.